The smallest absolute Gasteiger partial charge is 0.279 e. The average molecular weight is 484 g/mol. The van der Waals surface area contributed by atoms with Crippen molar-refractivity contribution in [1.82, 2.24) is 8.87 Å². The third-order valence-corrected chi connectivity index (χ3v) is 7.99. The van der Waals surface area contributed by atoms with E-state index in [0.717, 1.165) is 17.4 Å². The van der Waals surface area contributed by atoms with E-state index in [1.165, 1.54) is 53.4 Å². The van der Waals surface area contributed by atoms with Gasteiger partial charge in [-0.25, -0.2) is 17.2 Å². The van der Waals surface area contributed by atoms with E-state index in [9.17, 15) is 22.0 Å². The van der Waals surface area contributed by atoms with Crippen LogP contribution in [0.3, 0.4) is 0 Å². The Morgan fingerprint density at radius 2 is 1.88 bits per heavy atom. The molecule has 0 saturated heterocycles. The fourth-order valence-electron chi connectivity index (χ4n) is 2.97. The Morgan fingerprint density at radius 1 is 1.22 bits per heavy atom. The zero-order valence-corrected chi connectivity index (χ0v) is 19.6. The quantitative estimate of drug-likeness (QED) is 0.516. The lowest BCUT2D eigenvalue weighted by molar-refractivity contribution is 0.0997. The number of aromatic nitrogens is 1. The molecule has 0 radical (unpaired) electrons. The first kappa shape index (κ1) is 24.2. The second-order valence-corrected chi connectivity index (χ2v) is 10.3. The SMILES string of the molecule is COCCn1c(=NC(=O)c2ccc(S(=O)(=O)N(C)C(C)C)cc2)sc2cc(F)cc(F)c21. The third-order valence-electron chi connectivity index (χ3n) is 4.92. The number of sulfonamides is 1. The summed E-state index contributed by atoms with van der Waals surface area (Å²) in [5, 5.41) is 0. The number of nitrogens with zero attached hydrogens (tertiary/aromatic N) is 3. The number of methoxy groups -OCH3 is 1. The zero-order chi connectivity index (χ0) is 23.6. The van der Waals surface area contributed by atoms with Crippen molar-refractivity contribution >= 4 is 37.5 Å². The number of thiazole rings is 1. The molecule has 11 heteroatoms. The highest BCUT2D eigenvalue weighted by Gasteiger charge is 2.23. The summed E-state index contributed by atoms with van der Waals surface area (Å²) in [6, 6.07) is 7.17. The van der Waals surface area contributed by atoms with Gasteiger partial charge in [0, 0.05) is 38.4 Å². The summed E-state index contributed by atoms with van der Waals surface area (Å²) in [7, 11) is -0.716. The minimum absolute atomic E-state index is 0.0554. The first-order valence-electron chi connectivity index (χ1n) is 9.70. The number of ether oxygens (including phenoxy) is 1. The maximum absolute atomic E-state index is 14.4. The molecule has 1 amide bonds. The molecule has 0 N–H and O–H groups in total. The topological polar surface area (TPSA) is 81.0 Å². The summed E-state index contributed by atoms with van der Waals surface area (Å²) < 4.78 is 61.3. The molecule has 2 aromatic carbocycles. The number of carbonyl (C=O) groups excluding carboxylic acids is 1. The number of benzene rings is 2. The summed E-state index contributed by atoms with van der Waals surface area (Å²) in [5.74, 6) is -2.12. The van der Waals surface area contributed by atoms with Gasteiger partial charge < -0.3 is 9.30 Å². The fourth-order valence-corrected chi connectivity index (χ4v) is 5.43. The van der Waals surface area contributed by atoms with Crippen LogP contribution in [-0.2, 0) is 21.3 Å². The second kappa shape index (κ2) is 9.57. The van der Waals surface area contributed by atoms with Crippen LogP contribution >= 0.6 is 11.3 Å². The van der Waals surface area contributed by atoms with Crippen molar-refractivity contribution in [2.24, 2.45) is 4.99 Å². The number of fused-ring (bicyclic) bond motifs is 1. The molecule has 0 spiro atoms. The van der Waals surface area contributed by atoms with Gasteiger partial charge in [0.05, 0.1) is 21.7 Å². The maximum Gasteiger partial charge on any atom is 0.279 e. The van der Waals surface area contributed by atoms with Gasteiger partial charge in [0.1, 0.15) is 5.82 Å². The van der Waals surface area contributed by atoms with Crippen LogP contribution in [0.2, 0.25) is 0 Å². The highest BCUT2D eigenvalue weighted by Crippen LogP contribution is 2.23. The van der Waals surface area contributed by atoms with E-state index < -0.39 is 27.6 Å². The summed E-state index contributed by atoms with van der Waals surface area (Å²) >= 11 is 0.978. The lowest BCUT2D eigenvalue weighted by atomic mass is 10.2. The molecule has 172 valence electrons. The van der Waals surface area contributed by atoms with Crippen LogP contribution in [0.25, 0.3) is 10.2 Å². The van der Waals surface area contributed by atoms with Crippen LogP contribution in [0.1, 0.15) is 24.2 Å². The van der Waals surface area contributed by atoms with E-state index in [1.54, 1.807) is 13.8 Å². The van der Waals surface area contributed by atoms with Crippen molar-refractivity contribution in [1.29, 1.82) is 0 Å². The predicted molar refractivity (Wildman–Crippen MR) is 118 cm³/mol. The van der Waals surface area contributed by atoms with Crippen LogP contribution in [-0.4, -0.2) is 50.0 Å². The van der Waals surface area contributed by atoms with Gasteiger partial charge in [-0.1, -0.05) is 11.3 Å². The Labute approximate surface area is 188 Å². The molecule has 0 saturated carbocycles. The Bertz CT molecular complexity index is 1310. The van der Waals surface area contributed by atoms with Crippen molar-refractivity contribution in [3.8, 4) is 0 Å². The largest absolute Gasteiger partial charge is 0.383 e. The minimum atomic E-state index is -3.68. The Balaban J connectivity index is 2.02. The van der Waals surface area contributed by atoms with Crippen LogP contribution in [0.15, 0.2) is 46.3 Å². The van der Waals surface area contributed by atoms with E-state index in [-0.39, 0.29) is 40.0 Å². The normalized spacial score (nSPS) is 12.9. The molecule has 1 heterocycles. The van der Waals surface area contributed by atoms with Gasteiger partial charge in [0.25, 0.3) is 5.91 Å². The number of carbonyl (C=O) groups is 1. The van der Waals surface area contributed by atoms with Crippen molar-refractivity contribution in [3.05, 3.63) is 58.4 Å². The van der Waals surface area contributed by atoms with E-state index in [2.05, 4.69) is 4.99 Å². The van der Waals surface area contributed by atoms with Gasteiger partial charge >= 0.3 is 0 Å². The van der Waals surface area contributed by atoms with E-state index in [1.807, 2.05) is 0 Å². The monoisotopic (exact) mass is 483 g/mol. The molecule has 0 atom stereocenters. The van der Waals surface area contributed by atoms with E-state index >= 15 is 0 Å². The molecule has 0 aliphatic carbocycles. The molecule has 3 aromatic rings. The van der Waals surface area contributed by atoms with Crippen molar-refractivity contribution in [2.45, 2.75) is 31.3 Å². The van der Waals surface area contributed by atoms with Crippen LogP contribution in [0, 0.1) is 11.6 Å². The summed E-state index contributed by atoms with van der Waals surface area (Å²) in [5.41, 5.74) is 0.303. The molecular formula is C21H23F2N3O4S2. The highest BCUT2D eigenvalue weighted by molar-refractivity contribution is 7.89. The number of hydrogen-bond acceptors (Lipinski definition) is 5. The van der Waals surface area contributed by atoms with Gasteiger partial charge in [0.2, 0.25) is 10.0 Å². The lowest BCUT2D eigenvalue weighted by Gasteiger charge is -2.20. The summed E-state index contributed by atoms with van der Waals surface area (Å²) in [6.45, 7) is 3.96. The predicted octanol–water partition coefficient (Wildman–Crippen LogP) is 3.40. The van der Waals surface area contributed by atoms with Crippen molar-refractivity contribution in [3.63, 3.8) is 0 Å². The molecule has 0 unspecified atom stereocenters. The molecular weight excluding hydrogens is 460 g/mol. The number of rotatable bonds is 7. The molecule has 0 aliphatic rings. The van der Waals surface area contributed by atoms with Crippen molar-refractivity contribution in [2.75, 3.05) is 20.8 Å². The zero-order valence-electron chi connectivity index (χ0n) is 18.0. The molecule has 3 rings (SSSR count). The maximum atomic E-state index is 14.4. The number of hydrogen-bond donors (Lipinski definition) is 0. The summed E-state index contributed by atoms with van der Waals surface area (Å²) in [4.78, 5) is 17.1. The van der Waals surface area contributed by atoms with Gasteiger partial charge in [-0.05, 0) is 44.2 Å². The third kappa shape index (κ3) is 4.80. The number of halogens is 2. The molecule has 7 nitrogen and oxygen atoms in total. The molecule has 0 bridgehead atoms. The van der Waals surface area contributed by atoms with E-state index in [0.29, 0.717) is 4.70 Å². The van der Waals surface area contributed by atoms with Gasteiger partial charge in [-0.3, -0.25) is 4.79 Å². The molecule has 0 fully saturated rings. The van der Waals surface area contributed by atoms with Gasteiger partial charge in [0.15, 0.2) is 10.6 Å². The van der Waals surface area contributed by atoms with E-state index in [4.69, 9.17) is 4.74 Å². The Morgan fingerprint density at radius 3 is 2.47 bits per heavy atom. The summed E-state index contributed by atoms with van der Waals surface area (Å²) in [6.07, 6.45) is 0. The number of amides is 1. The average Bonchev–Trinajstić information content (AvgIpc) is 3.08. The molecule has 32 heavy (non-hydrogen) atoms. The van der Waals surface area contributed by atoms with Gasteiger partial charge in [-0.2, -0.15) is 9.30 Å². The Hall–Kier alpha value is -2.47. The van der Waals surface area contributed by atoms with Crippen LogP contribution < -0.4 is 4.80 Å². The molecule has 1 aromatic heterocycles. The first-order chi connectivity index (χ1) is 15.1. The minimum Gasteiger partial charge on any atom is -0.383 e. The lowest BCUT2D eigenvalue weighted by Crippen LogP contribution is -2.33. The molecule has 0 aliphatic heterocycles. The van der Waals surface area contributed by atoms with Crippen LogP contribution in [0.4, 0.5) is 8.78 Å². The Kier molecular flexibility index (Phi) is 7.23. The first-order valence-corrected chi connectivity index (χ1v) is 12.0. The van der Waals surface area contributed by atoms with Crippen LogP contribution in [0.5, 0.6) is 0 Å². The fraction of sp³-hybridized carbons (Fsp3) is 0.333. The standard InChI is InChI=1S/C21H23F2N3O4S2/c1-13(2)25(3)32(28,29)16-7-5-14(6-8-16)20(27)24-21-26(9-10-30-4)19-17(23)11-15(22)12-18(19)31-21/h5-8,11-13H,9-10H2,1-4H3. The second-order valence-electron chi connectivity index (χ2n) is 7.32. The highest BCUT2D eigenvalue weighted by atomic mass is 32.2. The van der Waals surface area contributed by atoms with Crippen molar-refractivity contribution < 1.29 is 26.7 Å². The van der Waals surface area contributed by atoms with Gasteiger partial charge in [-0.15, -0.1) is 0 Å².